The van der Waals surface area contributed by atoms with Gasteiger partial charge in [-0.3, -0.25) is 14.9 Å². The van der Waals surface area contributed by atoms with Gasteiger partial charge in [0.05, 0.1) is 27.8 Å². The molecule has 1 aromatic carbocycles. The predicted octanol–water partition coefficient (Wildman–Crippen LogP) is 4.79. The van der Waals surface area contributed by atoms with Crippen LogP contribution in [0.4, 0.5) is 10.5 Å². The average Bonchev–Trinajstić information content (AvgIpc) is 3.70. The van der Waals surface area contributed by atoms with Crippen LogP contribution in [-0.2, 0) is 23.2 Å². The summed E-state index contributed by atoms with van der Waals surface area (Å²) in [5.74, 6) is 0.203. The number of carbonyl (C=O) groups is 2. The van der Waals surface area contributed by atoms with E-state index in [0.29, 0.717) is 35.7 Å². The molecule has 0 spiro atoms. The van der Waals surface area contributed by atoms with E-state index in [0.717, 1.165) is 31.4 Å². The number of nitrogens with zero attached hydrogens (tertiary/aromatic N) is 5. The maximum absolute atomic E-state index is 12.3. The molecule has 2 fully saturated rings. The molecule has 40 heavy (non-hydrogen) atoms. The lowest BCUT2D eigenvalue weighted by Crippen LogP contribution is -2.38. The first kappa shape index (κ1) is 27.0. The fraction of sp³-hybridized carbons (Fsp3) is 0.444. The highest BCUT2D eigenvalue weighted by molar-refractivity contribution is 5.74. The van der Waals surface area contributed by atoms with Crippen molar-refractivity contribution in [3.05, 3.63) is 57.9 Å². The standard InChI is InChI=1S/C27H29N5O8/c1-27(25(33)34)13-3-4-19(14-27)39-22-12-11-20(28-23(22)16-5-6-16)24-21(31(2)30-29-24)15-38-26(35)40-18-9-7-17(8-10-18)32(36)37/h7-12,16,19H,3-6,13-15H2,1-2H3,(H,33,34)/t19-,27-/m0/s1. The van der Waals surface area contributed by atoms with Crippen molar-refractivity contribution in [1.29, 1.82) is 0 Å². The summed E-state index contributed by atoms with van der Waals surface area (Å²) in [5.41, 5.74) is 1.35. The van der Waals surface area contributed by atoms with Gasteiger partial charge in [0.1, 0.15) is 29.5 Å². The van der Waals surface area contributed by atoms with Gasteiger partial charge < -0.3 is 19.3 Å². The van der Waals surface area contributed by atoms with E-state index in [1.54, 1.807) is 20.0 Å². The first-order chi connectivity index (χ1) is 19.1. The summed E-state index contributed by atoms with van der Waals surface area (Å²) in [6.45, 7) is 1.58. The lowest BCUT2D eigenvalue weighted by Gasteiger charge is -2.35. The number of pyridine rings is 1. The number of rotatable bonds is 9. The summed E-state index contributed by atoms with van der Waals surface area (Å²) in [6, 6.07) is 8.66. The number of hydrogen-bond acceptors (Lipinski definition) is 10. The van der Waals surface area contributed by atoms with E-state index in [1.807, 2.05) is 6.07 Å². The molecule has 0 unspecified atom stereocenters. The molecule has 1 N–H and O–H groups in total. The molecule has 2 atom stereocenters. The fourth-order valence-corrected chi connectivity index (χ4v) is 4.87. The number of aryl methyl sites for hydroxylation is 1. The summed E-state index contributed by atoms with van der Waals surface area (Å²) in [6.07, 6.45) is 3.41. The number of nitro groups is 1. The SMILES string of the molecule is Cn1nnc(-c2ccc(O[C@H]3CCC[C@](C)(C(=O)O)C3)c(C3CC3)n2)c1COC(=O)Oc1ccc([N+](=O)[O-])cc1. The molecule has 2 aromatic heterocycles. The van der Waals surface area contributed by atoms with Crippen molar-refractivity contribution in [3.63, 3.8) is 0 Å². The number of ether oxygens (including phenoxy) is 3. The van der Waals surface area contributed by atoms with Gasteiger partial charge in [0.15, 0.2) is 0 Å². The molecule has 0 aliphatic heterocycles. The highest BCUT2D eigenvalue weighted by atomic mass is 16.7. The quantitative estimate of drug-likeness (QED) is 0.168. The van der Waals surface area contributed by atoms with Crippen molar-refractivity contribution in [1.82, 2.24) is 20.0 Å². The van der Waals surface area contributed by atoms with Crippen LogP contribution in [0.3, 0.4) is 0 Å². The largest absolute Gasteiger partial charge is 0.514 e. The minimum absolute atomic E-state index is 0.104. The van der Waals surface area contributed by atoms with Crippen LogP contribution in [0.1, 0.15) is 62.8 Å². The molecule has 0 amide bonds. The van der Waals surface area contributed by atoms with Crippen molar-refractivity contribution in [2.24, 2.45) is 12.5 Å². The molecule has 2 saturated carbocycles. The lowest BCUT2D eigenvalue weighted by atomic mass is 9.74. The number of carbonyl (C=O) groups excluding carboxylic acids is 1. The first-order valence-corrected chi connectivity index (χ1v) is 13.0. The molecule has 3 aromatic rings. The Kier molecular flexibility index (Phi) is 7.37. The third-order valence-electron chi connectivity index (χ3n) is 7.35. The van der Waals surface area contributed by atoms with Crippen LogP contribution in [0.5, 0.6) is 11.5 Å². The summed E-state index contributed by atoms with van der Waals surface area (Å²) in [7, 11) is 1.67. The maximum atomic E-state index is 12.3. The van der Waals surface area contributed by atoms with E-state index >= 15 is 0 Å². The van der Waals surface area contributed by atoms with E-state index in [9.17, 15) is 24.8 Å². The van der Waals surface area contributed by atoms with Gasteiger partial charge in [-0.05, 0) is 63.3 Å². The molecule has 13 nitrogen and oxygen atoms in total. The summed E-state index contributed by atoms with van der Waals surface area (Å²) < 4.78 is 18.2. The number of aromatic nitrogens is 4. The molecular weight excluding hydrogens is 522 g/mol. The Labute approximate surface area is 229 Å². The second kappa shape index (κ2) is 10.9. The van der Waals surface area contributed by atoms with Crippen LogP contribution in [0.15, 0.2) is 36.4 Å². The zero-order chi connectivity index (χ0) is 28.4. The second-order valence-corrected chi connectivity index (χ2v) is 10.5. The number of nitro benzene ring substituents is 1. The van der Waals surface area contributed by atoms with Gasteiger partial charge in [-0.15, -0.1) is 5.10 Å². The highest BCUT2D eigenvalue weighted by Gasteiger charge is 2.40. The van der Waals surface area contributed by atoms with Crippen LogP contribution in [0.25, 0.3) is 11.4 Å². The molecule has 2 aliphatic rings. The van der Waals surface area contributed by atoms with Gasteiger partial charge in [-0.2, -0.15) is 0 Å². The predicted molar refractivity (Wildman–Crippen MR) is 139 cm³/mol. The molecule has 0 saturated heterocycles. The van der Waals surface area contributed by atoms with E-state index in [1.165, 1.54) is 28.9 Å². The van der Waals surface area contributed by atoms with Gasteiger partial charge in [-0.25, -0.2) is 14.5 Å². The van der Waals surface area contributed by atoms with Crippen molar-refractivity contribution in [2.45, 2.75) is 64.1 Å². The zero-order valence-electron chi connectivity index (χ0n) is 22.1. The number of non-ortho nitro benzene ring substituents is 1. The Balaban J connectivity index is 1.29. The van der Waals surface area contributed by atoms with Crippen molar-refractivity contribution in [3.8, 4) is 22.9 Å². The Hall–Kier alpha value is -4.55. The van der Waals surface area contributed by atoms with Crippen molar-refractivity contribution >= 4 is 17.8 Å². The molecule has 0 radical (unpaired) electrons. The topological polar surface area (TPSA) is 169 Å². The van der Waals surface area contributed by atoms with E-state index in [4.69, 9.17) is 19.2 Å². The Morgan fingerprint density at radius 2 is 1.93 bits per heavy atom. The highest BCUT2D eigenvalue weighted by Crippen LogP contribution is 2.45. The number of benzene rings is 1. The Morgan fingerprint density at radius 3 is 2.60 bits per heavy atom. The number of carboxylic acid groups (broad SMARTS) is 1. The summed E-state index contributed by atoms with van der Waals surface area (Å²) >= 11 is 0. The summed E-state index contributed by atoms with van der Waals surface area (Å²) in [4.78, 5) is 39.1. The van der Waals surface area contributed by atoms with Crippen LogP contribution in [0, 0.1) is 15.5 Å². The van der Waals surface area contributed by atoms with Gasteiger partial charge in [0, 0.05) is 31.5 Å². The average molecular weight is 552 g/mol. The number of hydrogen-bond donors (Lipinski definition) is 1. The molecule has 2 heterocycles. The zero-order valence-corrected chi connectivity index (χ0v) is 22.1. The first-order valence-electron chi connectivity index (χ1n) is 13.0. The van der Waals surface area contributed by atoms with Crippen LogP contribution >= 0.6 is 0 Å². The van der Waals surface area contributed by atoms with Crippen LogP contribution < -0.4 is 9.47 Å². The second-order valence-electron chi connectivity index (χ2n) is 10.5. The minimum atomic E-state index is -0.989. The van der Waals surface area contributed by atoms with E-state index in [-0.39, 0.29) is 30.1 Å². The molecule has 210 valence electrons. The van der Waals surface area contributed by atoms with Crippen molar-refractivity contribution in [2.75, 3.05) is 0 Å². The molecule has 0 bridgehead atoms. The van der Waals surface area contributed by atoms with Gasteiger partial charge in [0.2, 0.25) is 0 Å². The maximum Gasteiger partial charge on any atom is 0.514 e. The van der Waals surface area contributed by atoms with Gasteiger partial charge in [-0.1, -0.05) is 5.21 Å². The third kappa shape index (κ3) is 5.87. The van der Waals surface area contributed by atoms with Crippen molar-refractivity contribution < 1.29 is 33.8 Å². The number of carboxylic acids is 1. The van der Waals surface area contributed by atoms with Gasteiger partial charge >= 0.3 is 12.1 Å². The third-order valence-corrected chi connectivity index (χ3v) is 7.35. The normalized spacial score (nSPS) is 20.5. The van der Waals surface area contributed by atoms with Crippen LogP contribution in [0.2, 0.25) is 0 Å². The summed E-state index contributed by atoms with van der Waals surface area (Å²) in [5, 5.41) is 28.7. The molecular formula is C27H29N5O8. The monoisotopic (exact) mass is 551 g/mol. The lowest BCUT2D eigenvalue weighted by molar-refractivity contribution is -0.384. The Morgan fingerprint density at radius 1 is 1.18 bits per heavy atom. The molecule has 5 rings (SSSR count). The molecule has 13 heteroatoms. The van der Waals surface area contributed by atoms with E-state index < -0.39 is 22.5 Å². The Bertz CT molecular complexity index is 1440. The fourth-order valence-electron chi connectivity index (χ4n) is 4.87. The smallest absolute Gasteiger partial charge is 0.488 e. The number of aliphatic carboxylic acids is 1. The van der Waals surface area contributed by atoms with E-state index in [2.05, 4.69) is 10.3 Å². The minimum Gasteiger partial charge on any atom is -0.488 e. The molecule has 2 aliphatic carbocycles. The van der Waals surface area contributed by atoms with Gasteiger partial charge in [0.25, 0.3) is 5.69 Å². The van der Waals surface area contributed by atoms with Crippen LogP contribution in [-0.4, -0.2) is 48.2 Å².